The van der Waals surface area contributed by atoms with Gasteiger partial charge >= 0.3 is 0 Å². The van der Waals surface area contributed by atoms with E-state index in [1.165, 1.54) is 32.1 Å². The third-order valence-corrected chi connectivity index (χ3v) is 4.59. The van der Waals surface area contributed by atoms with Crippen molar-refractivity contribution in [1.82, 2.24) is 10.6 Å². The number of piperidine rings is 1. The minimum absolute atomic E-state index is 0. The first kappa shape index (κ1) is 16.8. The maximum absolute atomic E-state index is 12.3. The number of rotatable bonds is 2. The van der Waals surface area contributed by atoms with Gasteiger partial charge in [0.15, 0.2) is 0 Å². The molecule has 2 unspecified atom stereocenters. The van der Waals surface area contributed by atoms with Crippen molar-refractivity contribution in [3.63, 3.8) is 0 Å². The Kier molecular flexibility index (Phi) is 7.77. The third kappa shape index (κ3) is 5.31. The summed E-state index contributed by atoms with van der Waals surface area (Å²) >= 11 is 0. The molecule has 2 N–H and O–H groups in total. The molecule has 0 aromatic carbocycles. The summed E-state index contributed by atoms with van der Waals surface area (Å²) in [6.45, 7) is 4.31. The highest BCUT2D eigenvalue weighted by molar-refractivity contribution is 5.85. The number of hydrogen-bond donors (Lipinski definition) is 2. The van der Waals surface area contributed by atoms with Gasteiger partial charge in [0.2, 0.25) is 5.91 Å². The minimum atomic E-state index is 0. The molecule has 1 aliphatic heterocycles. The molecule has 2 atom stereocenters. The van der Waals surface area contributed by atoms with Crippen molar-refractivity contribution in [2.24, 2.45) is 11.8 Å². The van der Waals surface area contributed by atoms with Gasteiger partial charge in [0, 0.05) is 12.0 Å². The van der Waals surface area contributed by atoms with Crippen molar-refractivity contribution in [3.05, 3.63) is 0 Å². The van der Waals surface area contributed by atoms with Gasteiger partial charge < -0.3 is 10.6 Å². The normalized spacial score (nSPS) is 29.7. The largest absolute Gasteiger partial charge is 0.353 e. The summed E-state index contributed by atoms with van der Waals surface area (Å²) in [5.74, 6) is 1.18. The monoisotopic (exact) mass is 288 g/mol. The lowest BCUT2D eigenvalue weighted by atomic mass is 9.89. The van der Waals surface area contributed by atoms with Crippen LogP contribution in [0.5, 0.6) is 0 Å². The number of carbonyl (C=O) groups excluding carboxylic acids is 1. The Morgan fingerprint density at radius 1 is 1.05 bits per heavy atom. The van der Waals surface area contributed by atoms with Crippen molar-refractivity contribution in [1.29, 1.82) is 0 Å². The van der Waals surface area contributed by atoms with E-state index in [0.29, 0.717) is 17.9 Å². The third-order valence-electron chi connectivity index (χ3n) is 4.59. The van der Waals surface area contributed by atoms with E-state index >= 15 is 0 Å². The summed E-state index contributed by atoms with van der Waals surface area (Å²) in [4.78, 5) is 12.3. The molecule has 1 saturated carbocycles. The van der Waals surface area contributed by atoms with Gasteiger partial charge in [0.25, 0.3) is 0 Å². The fourth-order valence-electron chi connectivity index (χ4n) is 3.25. The Morgan fingerprint density at radius 3 is 2.32 bits per heavy atom. The zero-order valence-electron chi connectivity index (χ0n) is 12.1. The number of amides is 1. The van der Waals surface area contributed by atoms with E-state index in [0.717, 1.165) is 32.4 Å². The number of halogens is 1. The molecule has 3 nitrogen and oxygen atoms in total. The van der Waals surface area contributed by atoms with Crippen LogP contribution in [0.2, 0.25) is 0 Å². The van der Waals surface area contributed by atoms with Gasteiger partial charge in [0.05, 0.1) is 0 Å². The van der Waals surface area contributed by atoms with Crippen LogP contribution in [0, 0.1) is 11.8 Å². The molecular weight excluding hydrogens is 260 g/mol. The maximum Gasteiger partial charge on any atom is 0.223 e. The van der Waals surface area contributed by atoms with Gasteiger partial charge in [-0.1, -0.05) is 39.0 Å². The zero-order chi connectivity index (χ0) is 12.8. The summed E-state index contributed by atoms with van der Waals surface area (Å²) in [5, 5.41) is 6.69. The van der Waals surface area contributed by atoms with Crippen LogP contribution in [0.3, 0.4) is 0 Å². The Morgan fingerprint density at radius 2 is 1.68 bits per heavy atom. The smallest absolute Gasteiger partial charge is 0.223 e. The summed E-state index contributed by atoms with van der Waals surface area (Å²) in [7, 11) is 0. The van der Waals surface area contributed by atoms with Crippen LogP contribution in [0.4, 0.5) is 0 Å². The lowest BCUT2D eigenvalue weighted by Crippen LogP contribution is -2.49. The van der Waals surface area contributed by atoms with Gasteiger partial charge in [-0.3, -0.25) is 4.79 Å². The van der Waals surface area contributed by atoms with E-state index in [9.17, 15) is 4.79 Å². The van der Waals surface area contributed by atoms with Gasteiger partial charge in [-0.2, -0.15) is 0 Å². The molecular formula is C15H29ClN2O. The Labute approximate surface area is 123 Å². The van der Waals surface area contributed by atoms with Crippen LogP contribution in [0.15, 0.2) is 0 Å². The quantitative estimate of drug-likeness (QED) is 0.820. The molecule has 0 aromatic heterocycles. The molecule has 0 spiro atoms. The van der Waals surface area contributed by atoms with E-state index in [4.69, 9.17) is 0 Å². The second-order valence-corrected chi connectivity index (χ2v) is 6.13. The Bertz CT molecular complexity index is 265. The first-order valence-electron chi connectivity index (χ1n) is 7.78. The second-order valence-electron chi connectivity index (χ2n) is 6.13. The number of nitrogens with one attached hydrogen (secondary N) is 2. The van der Waals surface area contributed by atoms with E-state index in [1.54, 1.807) is 0 Å². The molecule has 4 heteroatoms. The molecule has 1 heterocycles. The standard InChI is InChI=1S/C15H28N2O.ClH/c1-12-11-16-10-9-14(12)17-15(18)13-7-5-3-2-4-6-8-13;/h12-14,16H,2-11H2,1H3,(H,17,18);1H. The second kappa shape index (κ2) is 8.80. The predicted octanol–water partition coefficient (Wildman–Crippen LogP) is 2.88. The highest BCUT2D eigenvalue weighted by Crippen LogP contribution is 2.23. The van der Waals surface area contributed by atoms with Crippen LogP contribution in [0.1, 0.15) is 58.3 Å². The summed E-state index contributed by atoms with van der Waals surface area (Å²) in [6.07, 6.45) is 9.75. The number of carbonyl (C=O) groups is 1. The molecule has 1 aliphatic carbocycles. The van der Waals surface area contributed by atoms with E-state index in [2.05, 4.69) is 17.6 Å². The maximum atomic E-state index is 12.3. The number of hydrogen-bond acceptors (Lipinski definition) is 2. The highest BCUT2D eigenvalue weighted by Gasteiger charge is 2.26. The van der Waals surface area contributed by atoms with Crippen molar-refractivity contribution < 1.29 is 4.79 Å². The topological polar surface area (TPSA) is 41.1 Å². The fourth-order valence-corrected chi connectivity index (χ4v) is 3.25. The van der Waals surface area contributed by atoms with Gasteiger partial charge in [-0.15, -0.1) is 12.4 Å². The summed E-state index contributed by atoms with van der Waals surface area (Å²) in [5.41, 5.74) is 0. The first-order valence-corrected chi connectivity index (χ1v) is 7.78. The predicted molar refractivity (Wildman–Crippen MR) is 81.6 cm³/mol. The molecule has 0 bridgehead atoms. The van der Waals surface area contributed by atoms with Crippen LogP contribution in [0.25, 0.3) is 0 Å². The first-order chi connectivity index (χ1) is 8.77. The summed E-state index contributed by atoms with van der Waals surface area (Å²) in [6, 6.07) is 0.393. The Hall–Kier alpha value is -0.280. The van der Waals surface area contributed by atoms with Gasteiger partial charge in [-0.05, 0) is 38.3 Å². The van der Waals surface area contributed by atoms with E-state index in [1.807, 2.05) is 0 Å². The summed E-state index contributed by atoms with van der Waals surface area (Å²) < 4.78 is 0. The van der Waals surface area contributed by atoms with Crippen molar-refractivity contribution in [3.8, 4) is 0 Å². The average molecular weight is 289 g/mol. The molecule has 2 rings (SSSR count). The molecule has 0 radical (unpaired) electrons. The van der Waals surface area contributed by atoms with E-state index in [-0.39, 0.29) is 18.3 Å². The van der Waals surface area contributed by atoms with Crippen molar-refractivity contribution >= 4 is 18.3 Å². The van der Waals surface area contributed by atoms with Crippen LogP contribution < -0.4 is 10.6 Å². The van der Waals surface area contributed by atoms with Crippen LogP contribution in [-0.4, -0.2) is 25.0 Å². The average Bonchev–Trinajstić information content (AvgIpc) is 2.31. The molecule has 2 aliphatic rings. The zero-order valence-corrected chi connectivity index (χ0v) is 12.9. The fraction of sp³-hybridized carbons (Fsp3) is 0.933. The SMILES string of the molecule is CC1CNCCC1NC(=O)C1CCCCCCC1.Cl. The molecule has 19 heavy (non-hydrogen) atoms. The van der Waals surface area contributed by atoms with E-state index < -0.39 is 0 Å². The Balaban J connectivity index is 0.00000180. The molecule has 0 aromatic rings. The molecule has 2 fully saturated rings. The highest BCUT2D eigenvalue weighted by atomic mass is 35.5. The van der Waals surface area contributed by atoms with Crippen LogP contribution >= 0.6 is 12.4 Å². The van der Waals surface area contributed by atoms with Gasteiger partial charge in [0.1, 0.15) is 0 Å². The molecule has 1 amide bonds. The molecule has 112 valence electrons. The lowest BCUT2D eigenvalue weighted by molar-refractivity contribution is -0.126. The van der Waals surface area contributed by atoms with Crippen LogP contribution in [-0.2, 0) is 4.79 Å². The van der Waals surface area contributed by atoms with Gasteiger partial charge in [-0.25, -0.2) is 0 Å². The van der Waals surface area contributed by atoms with Crippen molar-refractivity contribution in [2.45, 2.75) is 64.3 Å². The molecule has 1 saturated heterocycles. The lowest BCUT2D eigenvalue weighted by Gasteiger charge is -2.31. The van der Waals surface area contributed by atoms with Crippen molar-refractivity contribution in [2.75, 3.05) is 13.1 Å². The minimum Gasteiger partial charge on any atom is -0.353 e.